The fourth-order valence-corrected chi connectivity index (χ4v) is 1.99. The Balaban J connectivity index is 2.40. The van der Waals surface area contributed by atoms with E-state index >= 15 is 0 Å². The van der Waals surface area contributed by atoms with Crippen LogP contribution in [0.5, 0.6) is 5.75 Å². The van der Waals surface area contributed by atoms with Gasteiger partial charge in [-0.3, -0.25) is 0 Å². The minimum Gasteiger partial charge on any atom is -0.493 e. The molecule has 4 heteroatoms. The molecule has 1 N–H and O–H groups in total. The second-order valence-electron chi connectivity index (χ2n) is 4.56. The van der Waals surface area contributed by atoms with Crippen LogP contribution in [0.4, 0.5) is 5.82 Å². The first-order chi connectivity index (χ1) is 9.74. The van der Waals surface area contributed by atoms with Crippen molar-refractivity contribution in [2.45, 2.75) is 27.2 Å². The SMILES string of the molecule is CCCOc1ccccc1-c1cc(NCC)nc(C)n1. The van der Waals surface area contributed by atoms with Crippen molar-refractivity contribution in [3.8, 4) is 17.0 Å². The molecule has 2 rings (SSSR count). The summed E-state index contributed by atoms with van der Waals surface area (Å²) in [6.45, 7) is 7.60. The van der Waals surface area contributed by atoms with Gasteiger partial charge in [-0.2, -0.15) is 0 Å². The first-order valence-corrected chi connectivity index (χ1v) is 7.06. The summed E-state index contributed by atoms with van der Waals surface area (Å²) in [5.74, 6) is 2.47. The summed E-state index contributed by atoms with van der Waals surface area (Å²) < 4.78 is 5.80. The first kappa shape index (κ1) is 14.3. The molecule has 0 bridgehead atoms. The molecule has 0 aliphatic rings. The summed E-state index contributed by atoms with van der Waals surface area (Å²) in [5, 5.41) is 3.23. The Morgan fingerprint density at radius 2 is 1.95 bits per heavy atom. The lowest BCUT2D eigenvalue weighted by molar-refractivity contribution is 0.318. The van der Waals surface area contributed by atoms with E-state index in [-0.39, 0.29) is 0 Å². The third-order valence-corrected chi connectivity index (χ3v) is 2.82. The topological polar surface area (TPSA) is 47.0 Å². The largest absolute Gasteiger partial charge is 0.493 e. The molecule has 106 valence electrons. The van der Waals surface area contributed by atoms with Crippen molar-refractivity contribution in [1.29, 1.82) is 0 Å². The summed E-state index contributed by atoms with van der Waals surface area (Å²) in [5.41, 5.74) is 1.89. The van der Waals surface area contributed by atoms with Crippen LogP contribution in [0.25, 0.3) is 11.3 Å². The monoisotopic (exact) mass is 271 g/mol. The minimum atomic E-state index is 0.709. The molecule has 1 heterocycles. The summed E-state index contributed by atoms with van der Waals surface area (Å²) in [6.07, 6.45) is 0.986. The van der Waals surface area contributed by atoms with E-state index in [1.54, 1.807) is 0 Å². The number of aromatic nitrogens is 2. The van der Waals surface area contributed by atoms with Gasteiger partial charge in [-0.1, -0.05) is 19.1 Å². The van der Waals surface area contributed by atoms with Crippen molar-refractivity contribution in [2.24, 2.45) is 0 Å². The van der Waals surface area contributed by atoms with E-state index in [9.17, 15) is 0 Å². The normalized spacial score (nSPS) is 10.3. The highest BCUT2D eigenvalue weighted by atomic mass is 16.5. The molecule has 1 aromatic carbocycles. The third-order valence-electron chi connectivity index (χ3n) is 2.82. The molecule has 0 atom stereocenters. The van der Waals surface area contributed by atoms with Crippen molar-refractivity contribution in [1.82, 2.24) is 9.97 Å². The van der Waals surface area contributed by atoms with Gasteiger partial charge in [0.15, 0.2) is 0 Å². The number of aryl methyl sites for hydroxylation is 1. The summed E-state index contributed by atoms with van der Waals surface area (Å²) in [4.78, 5) is 8.90. The molecule has 4 nitrogen and oxygen atoms in total. The van der Waals surface area contributed by atoms with Crippen LogP contribution in [0, 0.1) is 6.92 Å². The van der Waals surface area contributed by atoms with Crippen LogP contribution in [0.15, 0.2) is 30.3 Å². The Morgan fingerprint density at radius 1 is 1.15 bits per heavy atom. The van der Waals surface area contributed by atoms with Crippen LogP contribution in [0.3, 0.4) is 0 Å². The Morgan fingerprint density at radius 3 is 2.70 bits per heavy atom. The molecule has 0 spiro atoms. The molecular formula is C16H21N3O. The number of para-hydroxylation sites is 1. The molecule has 0 saturated heterocycles. The van der Waals surface area contributed by atoms with Gasteiger partial charge >= 0.3 is 0 Å². The standard InChI is InChI=1S/C16H21N3O/c1-4-10-20-15-9-7-6-8-13(15)14-11-16(17-5-2)19-12(3)18-14/h6-9,11H,4-5,10H2,1-3H3,(H,17,18,19). The van der Waals surface area contributed by atoms with Gasteiger partial charge in [-0.05, 0) is 32.4 Å². The van der Waals surface area contributed by atoms with Gasteiger partial charge in [0.1, 0.15) is 17.4 Å². The van der Waals surface area contributed by atoms with Gasteiger partial charge in [0.25, 0.3) is 0 Å². The fourth-order valence-electron chi connectivity index (χ4n) is 1.99. The number of anilines is 1. The quantitative estimate of drug-likeness (QED) is 0.870. The third kappa shape index (κ3) is 3.47. The lowest BCUT2D eigenvalue weighted by Crippen LogP contribution is -2.03. The molecule has 0 aliphatic heterocycles. The van der Waals surface area contributed by atoms with Gasteiger partial charge in [-0.25, -0.2) is 9.97 Å². The highest BCUT2D eigenvalue weighted by molar-refractivity contribution is 5.69. The van der Waals surface area contributed by atoms with E-state index < -0.39 is 0 Å². The van der Waals surface area contributed by atoms with E-state index in [4.69, 9.17) is 4.74 Å². The Bertz CT molecular complexity index is 569. The van der Waals surface area contributed by atoms with Gasteiger partial charge in [-0.15, -0.1) is 0 Å². The van der Waals surface area contributed by atoms with Crippen molar-refractivity contribution in [2.75, 3.05) is 18.5 Å². The number of ether oxygens (including phenoxy) is 1. The number of hydrogen-bond acceptors (Lipinski definition) is 4. The Kier molecular flexibility index (Phi) is 4.93. The molecule has 0 fully saturated rings. The van der Waals surface area contributed by atoms with Crippen LogP contribution >= 0.6 is 0 Å². The second kappa shape index (κ2) is 6.89. The molecule has 0 aliphatic carbocycles. The Hall–Kier alpha value is -2.10. The maximum Gasteiger partial charge on any atom is 0.130 e. The average Bonchev–Trinajstić information content (AvgIpc) is 2.45. The summed E-state index contributed by atoms with van der Waals surface area (Å²) in [6, 6.07) is 9.95. The lowest BCUT2D eigenvalue weighted by atomic mass is 10.1. The number of hydrogen-bond donors (Lipinski definition) is 1. The molecule has 20 heavy (non-hydrogen) atoms. The van der Waals surface area contributed by atoms with Crippen molar-refractivity contribution in [3.63, 3.8) is 0 Å². The van der Waals surface area contributed by atoms with Crippen LogP contribution in [-0.2, 0) is 0 Å². The average molecular weight is 271 g/mol. The van der Waals surface area contributed by atoms with Gasteiger partial charge in [0.2, 0.25) is 0 Å². The number of benzene rings is 1. The van der Waals surface area contributed by atoms with Gasteiger partial charge < -0.3 is 10.1 Å². The van der Waals surface area contributed by atoms with E-state index in [1.807, 2.05) is 37.3 Å². The van der Waals surface area contributed by atoms with Crippen LogP contribution in [0.2, 0.25) is 0 Å². The summed E-state index contributed by atoms with van der Waals surface area (Å²) >= 11 is 0. The van der Waals surface area contributed by atoms with E-state index in [2.05, 4.69) is 29.1 Å². The van der Waals surface area contributed by atoms with E-state index in [0.717, 1.165) is 41.6 Å². The van der Waals surface area contributed by atoms with Crippen molar-refractivity contribution in [3.05, 3.63) is 36.2 Å². The van der Waals surface area contributed by atoms with Crippen LogP contribution < -0.4 is 10.1 Å². The molecule has 0 unspecified atom stereocenters. The predicted molar refractivity (Wildman–Crippen MR) is 82.2 cm³/mol. The second-order valence-corrected chi connectivity index (χ2v) is 4.56. The summed E-state index contributed by atoms with van der Waals surface area (Å²) in [7, 11) is 0. The van der Waals surface area contributed by atoms with Gasteiger partial charge in [0, 0.05) is 18.2 Å². The van der Waals surface area contributed by atoms with Crippen molar-refractivity contribution >= 4 is 5.82 Å². The number of nitrogens with one attached hydrogen (secondary N) is 1. The lowest BCUT2D eigenvalue weighted by Gasteiger charge is -2.12. The number of rotatable bonds is 6. The molecular weight excluding hydrogens is 250 g/mol. The smallest absolute Gasteiger partial charge is 0.130 e. The van der Waals surface area contributed by atoms with E-state index in [0.29, 0.717) is 6.61 Å². The molecule has 0 saturated carbocycles. The molecule has 2 aromatic rings. The maximum absolute atomic E-state index is 5.80. The molecule has 1 aromatic heterocycles. The zero-order valence-corrected chi connectivity index (χ0v) is 12.3. The van der Waals surface area contributed by atoms with Crippen LogP contribution in [0.1, 0.15) is 26.1 Å². The maximum atomic E-state index is 5.80. The minimum absolute atomic E-state index is 0.709. The van der Waals surface area contributed by atoms with Crippen LogP contribution in [-0.4, -0.2) is 23.1 Å². The molecule has 0 amide bonds. The van der Waals surface area contributed by atoms with Crippen molar-refractivity contribution < 1.29 is 4.74 Å². The predicted octanol–water partition coefficient (Wildman–Crippen LogP) is 3.67. The zero-order valence-electron chi connectivity index (χ0n) is 12.3. The van der Waals surface area contributed by atoms with Gasteiger partial charge in [0.05, 0.1) is 12.3 Å². The first-order valence-electron chi connectivity index (χ1n) is 7.06. The number of nitrogens with zero attached hydrogens (tertiary/aromatic N) is 2. The fraction of sp³-hybridized carbons (Fsp3) is 0.375. The molecule has 0 radical (unpaired) electrons. The Labute approximate surface area is 120 Å². The van der Waals surface area contributed by atoms with E-state index in [1.165, 1.54) is 0 Å². The zero-order chi connectivity index (χ0) is 14.4. The highest BCUT2D eigenvalue weighted by Gasteiger charge is 2.09. The highest BCUT2D eigenvalue weighted by Crippen LogP contribution is 2.29.